The molecule has 0 bridgehead atoms. The van der Waals surface area contributed by atoms with Crippen LogP contribution in [0.25, 0.3) is 0 Å². The SMILES string of the molecule is N#CCc1ccc(CCOc2ccc(C=O)cc2)nc1. The number of benzene rings is 1. The van der Waals surface area contributed by atoms with Gasteiger partial charge in [-0.05, 0) is 35.9 Å². The molecule has 20 heavy (non-hydrogen) atoms. The van der Waals surface area contributed by atoms with Gasteiger partial charge in [-0.15, -0.1) is 0 Å². The summed E-state index contributed by atoms with van der Waals surface area (Å²) in [6.45, 7) is 0.519. The zero-order chi connectivity index (χ0) is 14.2. The van der Waals surface area contributed by atoms with Crippen molar-refractivity contribution in [3.8, 4) is 11.8 Å². The van der Waals surface area contributed by atoms with Crippen LogP contribution in [0.1, 0.15) is 21.6 Å². The summed E-state index contributed by atoms with van der Waals surface area (Å²) in [4.78, 5) is 14.8. The van der Waals surface area contributed by atoms with Gasteiger partial charge in [-0.2, -0.15) is 5.26 Å². The largest absolute Gasteiger partial charge is 0.493 e. The molecule has 2 aromatic rings. The van der Waals surface area contributed by atoms with Crippen LogP contribution in [0.2, 0.25) is 0 Å². The van der Waals surface area contributed by atoms with Gasteiger partial charge in [0.15, 0.2) is 0 Å². The van der Waals surface area contributed by atoms with Crippen LogP contribution >= 0.6 is 0 Å². The zero-order valence-corrected chi connectivity index (χ0v) is 11.0. The van der Waals surface area contributed by atoms with Crippen molar-refractivity contribution in [2.45, 2.75) is 12.8 Å². The summed E-state index contributed by atoms with van der Waals surface area (Å²) in [6, 6.07) is 12.9. The lowest BCUT2D eigenvalue weighted by Crippen LogP contribution is -2.03. The second-order valence-corrected chi connectivity index (χ2v) is 4.28. The summed E-state index contributed by atoms with van der Waals surface area (Å²) in [7, 11) is 0. The van der Waals surface area contributed by atoms with Gasteiger partial charge in [-0.3, -0.25) is 9.78 Å². The number of pyridine rings is 1. The standard InChI is InChI=1S/C16H14N2O2/c17-9-7-13-1-4-15(18-11-13)8-10-20-16-5-2-14(12-19)3-6-16/h1-6,11-12H,7-8,10H2. The number of aldehydes is 1. The minimum absolute atomic E-state index is 0.382. The van der Waals surface area contributed by atoms with E-state index in [1.54, 1.807) is 30.5 Å². The van der Waals surface area contributed by atoms with Crippen molar-refractivity contribution >= 4 is 6.29 Å². The molecule has 2 rings (SSSR count). The lowest BCUT2D eigenvalue weighted by molar-refractivity contribution is 0.112. The molecule has 0 amide bonds. The average Bonchev–Trinajstić information content (AvgIpc) is 2.50. The van der Waals surface area contributed by atoms with Gasteiger partial charge in [-0.1, -0.05) is 6.07 Å². The molecule has 0 fully saturated rings. The monoisotopic (exact) mass is 266 g/mol. The van der Waals surface area contributed by atoms with Crippen molar-refractivity contribution in [2.75, 3.05) is 6.61 Å². The maximum Gasteiger partial charge on any atom is 0.150 e. The first-order chi connectivity index (χ1) is 9.81. The van der Waals surface area contributed by atoms with Crippen LogP contribution in [0, 0.1) is 11.3 Å². The molecule has 0 radical (unpaired) electrons. The van der Waals surface area contributed by atoms with Crippen LogP contribution in [0.4, 0.5) is 0 Å². The van der Waals surface area contributed by atoms with Crippen molar-refractivity contribution in [3.05, 3.63) is 59.4 Å². The number of carbonyl (C=O) groups excluding carboxylic acids is 1. The summed E-state index contributed by atoms with van der Waals surface area (Å²) in [5.74, 6) is 0.733. The number of ether oxygens (including phenoxy) is 1. The number of rotatable bonds is 6. The second kappa shape index (κ2) is 7.05. The number of nitrogens with zero attached hydrogens (tertiary/aromatic N) is 2. The highest BCUT2D eigenvalue weighted by molar-refractivity contribution is 5.74. The Morgan fingerprint density at radius 3 is 2.60 bits per heavy atom. The number of nitriles is 1. The van der Waals surface area contributed by atoms with Crippen LogP contribution in [-0.2, 0) is 12.8 Å². The van der Waals surface area contributed by atoms with Crippen molar-refractivity contribution in [2.24, 2.45) is 0 Å². The third kappa shape index (κ3) is 3.92. The Balaban J connectivity index is 1.82. The minimum Gasteiger partial charge on any atom is -0.493 e. The summed E-state index contributed by atoms with van der Waals surface area (Å²) < 4.78 is 5.58. The Bertz CT molecular complexity index is 598. The van der Waals surface area contributed by atoms with Gasteiger partial charge in [0, 0.05) is 23.9 Å². The van der Waals surface area contributed by atoms with Crippen LogP contribution in [0.15, 0.2) is 42.6 Å². The molecular formula is C16H14N2O2. The summed E-state index contributed by atoms with van der Waals surface area (Å²) in [5, 5.41) is 8.57. The van der Waals surface area contributed by atoms with E-state index in [0.717, 1.165) is 23.3 Å². The molecule has 1 heterocycles. The minimum atomic E-state index is 0.382. The van der Waals surface area contributed by atoms with Gasteiger partial charge >= 0.3 is 0 Å². The molecule has 0 saturated carbocycles. The Labute approximate surface area is 117 Å². The first kappa shape index (κ1) is 13.8. The fourth-order valence-corrected chi connectivity index (χ4v) is 1.71. The molecule has 1 aromatic carbocycles. The molecule has 0 atom stereocenters. The van der Waals surface area contributed by atoms with Crippen LogP contribution in [0.3, 0.4) is 0 Å². The number of hydrogen-bond acceptors (Lipinski definition) is 4. The Hall–Kier alpha value is -2.67. The summed E-state index contributed by atoms with van der Waals surface area (Å²) >= 11 is 0. The molecule has 4 nitrogen and oxygen atoms in total. The van der Waals surface area contributed by atoms with E-state index in [1.807, 2.05) is 12.1 Å². The van der Waals surface area contributed by atoms with Gasteiger partial charge in [0.05, 0.1) is 19.1 Å². The fourth-order valence-electron chi connectivity index (χ4n) is 1.71. The van der Waals surface area contributed by atoms with Crippen molar-refractivity contribution < 1.29 is 9.53 Å². The Morgan fingerprint density at radius 1 is 1.20 bits per heavy atom. The predicted molar refractivity (Wildman–Crippen MR) is 74.6 cm³/mol. The van der Waals surface area contributed by atoms with E-state index >= 15 is 0 Å². The van der Waals surface area contributed by atoms with E-state index in [4.69, 9.17) is 10.00 Å². The molecule has 0 unspecified atom stereocenters. The Morgan fingerprint density at radius 2 is 2.00 bits per heavy atom. The third-order valence-corrected chi connectivity index (χ3v) is 2.81. The topological polar surface area (TPSA) is 63.0 Å². The molecule has 4 heteroatoms. The molecule has 0 aliphatic carbocycles. The van der Waals surface area contributed by atoms with E-state index in [2.05, 4.69) is 11.1 Å². The van der Waals surface area contributed by atoms with E-state index in [1.165, 1.54) is 0 Å². The van der Waals surface area contributed by atoms with E-state index in [0.29, 0.717) is 25.0 Å². The van der Waals surface area contributed by atoms with Crippen molar-refractivity contribution in [1.29, 1.82) is 5.26 Å². The highest BCUT2D eigenvalue weighted by Gasteiger charge is 1.98. The average molecular weight is 266 g/mol. The summed E-state index contributed by atoms with van der Waals surface area (Å²) in [6.07, 6.45) is 3.60. The highest BCUT2D eigenvalue weighted by atomic mass is 16.5. The molecule has 100 valence electrons. The number of hydrogen-bond donors (Lipinski definition) is 0. The van der Waals surface area contributed by atoms with E-state index in [9.17, 15) is 4.79 Å². The molecule has 0 N–H and O–H groups in total. The smallest absolute Gasteiger partial charge is 0.150 e. The molecule has 0 aliphatic heterocycles. The molecule has 1 aromatic heterocycles. The number of carbonyl (C=O) groups is 1. The van der Waals surface area contributed by atoms with Gasteiger partial charge < -0.3 is 4.74 Å². The molecule has 0 aliphatic rings. The molecule has 0 saturated heterocycles. The third-order valence-electron chi connectivity index (χ3n) is 2.81. The van der Waals surface area contributed by atoms with Crippen molar-refractivity contribution in [1.82, 2.24) is 4.98 Å². The van der Waals surface area contributed by atoms with Crippen LogP contribution in [0.5, 0.6) is 5.75 Å². The quantitative estimate of drug-likeness (QED) is 0.754. The zero-order valence-electron chi connectivity index (χ0n) is 11.0. The van der Waals surface area contributed by atoms with Gasteiger partial charge in [0.25, 0.3) is 0 Å². The second-order valence-electron chi connectivity index (χ2n) is 4.28. The Kier molecular flexibility index (Phi) is 4.85. The van der Waals surface area contributed by atoms with E-state index < -0.39 is 0 Å². The van der Waals surface area contributed by atoms with Crippen LogP contribution < -0.4 is 4.74 Å². The maximum absolute atomic E-state index is 10.5. The molecular weight excluding hydrogens is 252 g/mol. The van der Waals surface area contributed by atoms with Crippen molar-refractivity contribution in [3.63, 3.8) is 0 Å². The highest BCUT2D eigenvalue weighted by Crippen LogP contribution is 2.11. The van der Waals surface area contributed by atoms with Gasteiger partial charge in [0.2, 0.25) is 0 Å². The van der Waals surface area contributed by atoms with Gasteiger partial charge in [0.1, 0.15) is 12.0 Å². The van der Waals surface area contributed by atoms with Gasteiger partial charge in [-0.25, -0.2) is 0 Å². The van der Waals surface area contributed by atoms with Crippen LogP contribution in [-0.4, -0.2) is 17.9 Å². The number of aromatic nitrogens is 1. The first-order valence-electron chi connectivity index (χ1n) is 6.30. The fraction of sp³-hybridized carbons (Fsp3) is 0.188. The normalized spacial score (nSPS) is 9.75. The van der Waals surface area contributed by atoms with E-state index in [-0.39, 0.29) is 0 Å². The lowest BCUT2D eigenvalue weighted by Gasteiger charge is -2.06. The molecule has 0 spiro atoms. The lowest BCUT2D eigenvalue weighted by atomic mass is 10.2. The predicted octanol–water partition coefficient (Wildman–Crippen LogP) is 2.58. The first-order valence-corrected chi connectivity index (χ1v) is 6.30. The maximum atomic E-state index is 10.5. The summed E-state index contributed by atoms with van der Waals surface area (Å²) in [5.41, 5.74) is 2.48.